The van der Waals surface area contributed by atoms with Gasteiger partial charge in [0.05, 0.1) is 5.56 Å². The van der Waals surface area contributed by atoms with Crippen molar-refractivity contribution in [1.82, 2.24) is 0 Å². The Kier molecular flexibility index (Phi) is 3.63. The van der Waals surface area contributed by atoms with Crippen molar-refractivity contribution in [3.05, 3.63) is 59.8 Å². The molecule has 2 aliphatic heterocycles. The van der Waals surface area contributed by atoms with Gasteiger partial charge in [0.15, 0.2) is 5.69 Å². The molecule has 4 rings (SSSR count). The molecule has 0 amide bonds. The van der Waals surface area contributed by atoms with Gasteiger partial charge in [0.1, 0.15) is 5.92 Å². The number of aromatic nitrogens is 1. The minimum Gasteiger partial charge on any atom is -0.184 e. The summed E-state index contributed by atoms with van der Waals surface area (Å²) in [5.41, 5.74) is 8.50. The molecule has 0 bridgehead atoms. The van der Waals surface area contributed by atoms with Crippen molar-refractivity contribution < 1.29 is 4.57 Å². The molecule has 0 saturated heterocycles. The average molecular weight is 318 g/mol. The Morgan fingerprint density at radius 2 is 1.92 bits per heavy atom. The van der Waals surface area contributed by atoms with E-state index in [1.54, 1.807) is 0 Å². The molecule has 1 heteroatoms. The van der Waals surface area contributed by atoms with Gasteiger partial charge < -0.3 is 0 Å². The van der Waals surface area contributed by atoms with E-state index >= 15 is 0 Å². The van der Waals surface area contributed by atoms with Crippen molar-refractivity contribution in [2.24, 2.45) is 0 Å². The second-order valence-electron chi connectivity index (χ2n) is 7.37. The molecule has 1 aromatic heterocycles. The predicted octanol–water partition coefficient (Wildman–Crippen LogP) is 5.62. The summed E-state index contributed by atoms with van der Waals surface area (Å²) in [6.45, 7) is 11.5. The zero-order valence-corrected chi connectivity index (χ0v) is 15.2. The van der Waals surface area contributed by atoms with Gasteiger partial charge in [0.2, 0.25) is 11.2 Å². The van der Waals surface area contributed by atoms with E-state index in [9.17, 15) is 0 Å². The molecule has 0 spiro atoms. The zero-order chi connectivity index (χ0) is 16.9. The Balaban J connectivity index is 1.93. The average Bonchev–Trinajstić information content (AvgIpc) is 2.60. The molecule has 1 nitrogen and oxygen atoms in total. The first-order valence-electron chi connectivity index (χ1n) is 9.57. The Bertz CT molecular complexity index is 817. The highest BCUT2D eigenvalue weighted by molar-refractivity contribution is 5.84. The van der Waals surface area contributed by atoms with Crippen molar-refractivity contribution in [2.45, 2.75) is 64.3 Å². The molecule has 124 valence electrons. The first-order valence-corrected chi connectivity index (χ1v) is 9.57. The van der Waals surface area contributed by atoms with Crippen LogP contribution in [0.4, 0.5) is 0 Å². The van der Waals surface area contributed by atoms with E-state index < -0.39 is 0 Å². The van der Waals surface area contributed by atoms with E-state index in [-0.39, 0.29) is 5.54 Å². The molecular formula is C23H28N+. The number of rotatable bonds is 5. The van der Waals surface area contributed by atoms with E-state index in [1.807, 2.05) is 0 Å². The number of aryl methyl sites for hydroxylation is 1. The molecule has 0 radical (unpaired) electrons. The number of hydrogen-bond acceptors (Lipinski definition) is 0. The first-order chi connectivity index (χ1) is 11.7. The van der Waals surface area contributed by atoms with Gasteiger partial charge in [-0.1, -0.05) is 45.9 Å². The van der Waals surface area contributed by atoms with Crippen molar-refractivity contribution in [3.8, 4) is 11.3 Å². The van der Waals surface area contributed by atoms with E-state index in [0.717, 1.165) is 6.42 Å². The summed E-state index contributed by atoms with van der Waals surface area (Å²) in [4.78, 5) is 0. The minimum absolute atomic E-state index is 0.0958. The van der Waals surface area contributed by atoms with Crippen molar-refractivity contribution >= 4 is 5.57 Å². The Hall–Kier alpha value is -1.89. The maximum Gasteiger partial charge on any atom is 0.214 e. The van der Waals surface area contributed by atoms with Crippen molar-refractivity contribution in [2.75, 3.05) is 0 Å². The van der Waals surface area contributed by atoms with Crippen LogP contribution in [0.1, 0.15) is 69.2 Å². The number of benzene rings is 1. The second kappa shape index (κ2) is 5.58. The largest absolute Gasteiger partial charge is 0.214 e. The Morgan fingerprint density at radius 1 is 1.08 bits per heavy atom. The summed E-state index contributed by atoms with van der Waals surface area (Å²) in [5.74, 6) is 0.600. The highest BCUT2D eigenvalue weighted by atomic mass is 15.2. The van der Waals surface area contributed by atoms with Crippen LogP contribution in [0.25, 0.3) is 16.8 Å². The molecule has 2 aliphatic rings. The molecule has 2 atom stereocenters. The van der Waals surface area contributed by atoms with E-state index in [2.05, 4.69) is 68.3 Å². The number of nitrogens with zero attached hydrogens (tertiary/aromatic N) is 1. The fraction of sp³-hybridized carbons (Fsp3) is 0.435. The SMILES string of the molecule is C=C1c2ccc(CCCC)cc2-c2cccc3[n+]2C1(CC)C3CC. The smallest absolute Gasteiger partial charge is 0.184 e. The number of fused-ring (bicyclic) bond motifs is 2. The predicted molar refractivity (Wildman–Crippen MR) is 101 cm³/mol. The van der Waals surface area contributed by atoms with Gasteiger partial charge in [-0.05, 0) is 42.5 Å². The van der Waals surface area contributed by atoms with Gasteiger partial charge in [-0.25, -0.2) is 0 Å². The van der Waals surface area contributed by atoms with Crippen molar-refractivity contribution in [3.63, 3.8) is 0 Å². The quantitative estimate of drug-likeness (QED) is 0.630. The number of allylic oxidation sites excluding steroid dienone is 1. The summed E-state index contributed by atoms with van der Waals surface area (Å²) in [7, 11) is 0. The van der Waals surface area contributed by atoms with Gasteiger partial charge in [-0.2, -0.15) is 4.57 Å². The van der Waals surface area contributed by atoms with E-state index in [4.69, 9.17) is 0 Å². The topological polar surface area (TPSA) is 3.88 Å². The third kappa shape index (κ3) is 1.79. The van der Waals surface area contributed by atoms with Crippen LogP contribution in [-0.4, -0.2) is 0 Å². The highest BCUT2D eigenvalue weighted by Crippen LogP contribution is 2.55. The highest BCUT2D eigenvalue weighted by Gasteiger charge is 2.64. The number of pyridine rings is 1. The van der Waals surface area contributed by atoms with Gasteiger partial charge in [-0.3, -0.25) is 0 Å². The van der Waals surface area contributed by atoms with Crippen LogP contribution in [0.15, 0.2) is 43.0 Å². The molecule has 0 fully saturated rings. The Labute approximate surface area is 146 Å². The summed E-state index contributed by atoms with van der Waals surface area (Å²) in [6, 6.07) is 13.9. The Morgan fingerprint density at radius 3 is 2.62 bits per heavy atom. The first kappa shape index (κ1) is 15.6. The van der Waals surface area contributed by atoms with Crippen LogP contribution in [0, 0.1) is 0 Å². The minimum atomic E-state index is 0.0958. The summed E-state index contributed by atoms with van der Waals surface area (Å²) in [5, 5.41) is 0. The van der Waals surface area contributed by atoms with Crippen LogP contribution in [-0.2, 0) is 12.0 Å². The van der Waals surface area contributed by atoms with Crippen LogP contribution in [0.2, 0.25) is 0 Å². The van der Waals surface area contributed by atoms with Crippen LogP contribution >= 0.6 is 0 Å². The second-order valence-corrected chi connectivity index (χ2v) is 7.37. The summed E-state index contributed by atoms with van der Waals surface area (Å²) >= 11 is 0. The lowest BCUT2D eigenvalue weighted by Crippen LogP contribution is -2.73. The lowest BCUT2D eigenvalue weighted by atomic mass is 9.62. The molecule has 2 unspecified atom stereocenters. The fourth-order valence-corrected chi connectivity index (χ4v) is 5.13. The molecule has 0 N–H and O–H groups in total. The molecule has 24 heavy (non-hydrogen) atoms. The van der Waals surface area contributed by atoms with Gasteiger partial charge >= 0.3 is 0 Å². The third-order valence-corrected chi connectivity index (χ3v) is 6.33. The fourth-order valence-electron chi connectivity index (χ4n) is 5.13. The molecule has 0 aliphatic carbocycles. The van der Waals surface area contributed by atoms with Crippen LogP contribution in [0.5, 0.6) is 0 Å². The monoisotopic (exact) mass is 318 g/mol. The molecule has 0 saturated carbocycles. The molecule has 1 aromatic carbocycles. The van der Waals surface area contributed by atoms with Gasteiger partial charge in [-0.15, -0.1) is 0 Å². The standard InChI is InChI=1S/C23H28N/c1-5-8-10-17-13-14-18-16(4)23(7-3)20(6-2)22-12-9-11-21(24(22)23)19(18)15-17/h9,11-15,20H,4-8,10H2,1-3H3/q+1. The van der Waals surface area contributed by atoms with Gasteiger partial charge in [0, 0.05) is 24.1 Å². The number of hydrogen-bond donors (Lipinski definition) is 0. The van der Waals surface area contributed by atoms with Gasteiger partial charge in [0.25, 0.3) is 0 Å². The normalized spacial score (nSPS) is 23.5. The zero-order valence-electron chi connectivity index (χ0n) is 15.2. The maximum absolute atomic E-state index is 4.59. The van der Waals surface area contributed by atoms with E-state index in [0.29, 0.717) is 5.92 Å². The lowest BCUT2D eigenvalue weighted by Gasteiger charge is -2.48. The maximum atomic E-state index is 4.59. The summed E-state index contributed by atoms with van der Waals surface area (Å²) < 4.78 is 2.59. The van der Waals surface area contributed by atoms with Crippen LogP contribution < -0.4 is 4.57 Å². The third-order valence-electron chi connectivity index (χ3n) is 6.33. The summed E-state index contributed by atoms with van der Waals surface area (Å²) in [6.07, 6.45) is 5.98. The number of unbranched alkanes of at least 4 members (excludes halogenated alkanes) is 1. The lowest BCUT2D eigenvalue weighted by molar-refractivity contribution is -0.795. The van der Waals surface area contributed by atoms with Crippen LogP contribution in [0.3, 0.4) is 0 Å². The van der Waals surface area contributed by atoms with E-state index in [1.165, 1.54) is 59.3 Å². The molecule has 2 aromatic rings. The molecule has 3 heterocycles. The van der Waals surface area contributed by atoms with Crippen molar-refractivity contribution in [1.29, 1.82) is 0 Å². The molecular weight excluding hydrogens is 290 g/mol.